The van der Waals surface area contributed by atoms with Crippen LogP contribution >= 0.6 is 0 Å². The minimum Gasteiger partial charge on any atom is -0.382 e. The van der Waals surface area contributed by atoms with Crippen molar-refractivity contribution in [1.82, 2.24) is 4.98 Å². The molecule has 0 saturated carbocycles. The molecule has 0 aromatic carbocycles. The van der Waals surface area contributed by atoms with Crippen molar-refractivity contribution in [3.63, 3.8) is 0 Å². The Bertz CT molecular complexity index is 452. The third kappa shape index (κ3) is 2.11. The largest absolute Gasteiger partial charge is 0.382 e. The molecule has 1 aliphatic rings. The fourth-order valence-corrected chi connectivity index (χ4v) is 4.61. The quantitative estimate of drug-likeness (QED) is 0.759. The van der Waals surface area contributed by atoms with Gasteiger partial charge in [-0.05, 0) is 17.0 Å². The molecule has 2 rings (SSSR count). The lowest BCUT2D eigenvalue weighted by molar-refractivity contribution is 0.706. The zero-order valence-corrected chi connectivity index (χ0v) is 13.5. The molecule has 0 saturated heterocycles. The Hall–Kier alpha value is -0.768. The van der Waals surface area contributed by atoms with E-state index in [0.717, 1.165) is 13.0 Å². The van der Waals surface area contributed by atoms with E-state index in [4.69, 9.17) is 4.98 Å². The first kappa shape index (κ1) is 13.7. The van der Waals surface area contributed by atoms with E-state index in [9.17, 15) is 0 Å². The number of nitrogens with zero attached hydrogens (tertiary/aromatic N) is 2. The number of fused-ring (bicyclic) bond motifs is 1. The highest BCUT2D eigenvalue weighted by Gasteiger charge is 2.44. The van der Waals surface area contributed by atoms with Gasteiger partial charge in [-0.3, -0.25) is 0 Å². The molecule has 2 heterocycles. The second-order valence-corrected chi connectivity index (χ2v) is 11.9. The van der Waals surface area contributed by atoms with Gasteiger partial charge in [0.15, 0.2) is 8.24 Å². The smallest absolute Gasteiger partial charge is 0.157 e. The summed E-state index contributed by atoms with van der Waals surface area (Å²) in [6.07, 6.45) is 3.15. The minimum absolute atomic E-state index is 0.367. The van der Waals surface area contributed by atoms with E-state index in [0.29, 0.717) is 5.04 Å². The molecule has 1 aliphatic heterocycles. The van der Waals surface area contributed by atoms with Crippen molar-refractivity contribution in [3.05, 3.63) is 17.8 Å². The van der Waals surface area contributed by atoms with Crippen LogP contribution in [-0.2, 0) is 6.42 Å². The number of aromatic nitrogens is 1. The van der Waals surface area contributed by atoms with Crippen molar-refractivity contribution in [2.24, 2.45) is 0 Å². The molecule has 0 fully saturated rings. The number of rotatable bonds is 2. The summed E-state index contributed by atoms with van der Waals surface area (Å²) in [5.41, 5.74) is 2.67. The van der Waals surface area contributed by atoms with Gasteiger partial charge in [0.05, 0.1) is 0 Å². The molecule has 0 atom stereocenters. The predicted molar refractivity (Wildman–Crippen MR) is 83.7 cm³/mol. The minimum atomic E-state index is -1.49. The van der Waals surface area contributed by atoms with Gasteiger partial charge in [-0.15, -0.1) is 0 Å². The molecule has 0 spiro atoms. The third-order valence-electron chi connectivity index (χ3n) is 4.67. The summed E-state index contributed by atoms with van der Waals surface area (Å²) >= 11 is 0. The number of anilines is 1. The molecule has 1 aromatic rings. The van der Waals surface area contributed by atoms with E-state index in [1.54, 1.807) is 0 Å². The first-order valence-electron chi connectivity index (χ1n) is 6.83. The maximum Gasteiger partial charge on any atom is 0.157 e. The van der Waals surface area contributed by atoms with Crippen LogP contribution in [0.3, 0.4) is 0 Å². The lowest BCUT2D eigenvalue weighted by Gasteiger charge is -2.44. The molecule has 0 unspecified atom stereocenters. The number of hydrogen-bond acceptors (Lipinski definition) is 2. The van der Waals surface area contributed by atoms with Crippen LogP contribution < -0.4 is 10.0 Å². The van der Waals surface area contributed by atoms with E-state index in [-0.39, 0.29) is 0 Å². The Morgan fingerprint density at radius 3 is 2.56 bits per heavy atom. The van der Waals surface area contributed by atoms with Crippen LogP contribution in [0.4, 0.5) is 5.82 Å². The monoisotopic (exact) mass is 259 g/mol. The molecule has 0 bridgehead atoms. The molecule has 2 nitrogen and oxygen atoms in total. The molecule has 0 N–H and O–H groups in total. The topological polar surface area (TPSA) is 16.1 Å². The van der Waals surface area contributed by atoms with Gasteiger partial charge in [0.1, 0.15) is 13.1 Å². The van der Waals surface area contributed by atoms with Crippen molar-refractivity contribution in [3.8, 4) is 0 Å². The summed E-state index contributed by atoms with van der Waals surface area (Å²) < 4.78 is 2.61. The highest BCUT2D eigenvalue weighted by molar-refractivity contribution is 6.83. The molecule has 1 aromatic heterocycles. The molecule has 97 valence electrons. The van der Waals surface area contributed by atoms with Crippen molar-refractivity contribution in [2.45, 2.75) is 52.1 Å². The van der Waals surface area contributed by atoms with E-state index < -0.39 is 8.24 Å². The Morgan fingerprint density at radius 2 is 2.00 bits per heavy atom. The van der Waals surface area contributed by atoms with Gasteiger partial charge in [-0.1, -0.05) is 52.2 Å². The summed E-state index contributed by atoms with van der Waals surface area (Å²) in [4.78, 5) is 4.72. The van der Waals surface area contributed by atoms with Crippen LogP contribution in [0.5, 0.6) is 0 Å². The Kier molecular flexibility index (Phi) is 3.34. The predicted octanol–water partition coefficient (Wildman–Crippen LogP) is 2.83. The first-order chi connectivity index (χ1) is 8.27. The summed E-state index contributed by atoms with van der Waals surface area (Å²) in [6, 6.07) is 2.30. The highest BCUT2D eigenvalue weighted by atomic mass is 28.3. The van der Waals surface area contributed by atoms with Crippen molar-refractivity contribution >= 4 is 26.8 Å². The fourth-order valence-electron chi connectivity index (χ4n) is 2.39. The van der Waals surface area contributed by atoms with Crippen LogP contribution in [0.15, 0.2) is 12.3 Å². The van der Waals surface area contributed by atoms with E-state index in [2.05, 4.69) is 58.6 Å². The van der Waals surface area contributed by atoms with Gasteiger partial charge in [0.2, 0.25) is 0 Å². The maximum atomic E-state index is 4.72. The van der Waals surface area contributed by atoms with Gasteiger partial charge in [-0.2, -0.15) is 0 Å². The lowest BCUT2D eigenvalue weighted by atomic mass is 9.74. The normalized spacial score (nSPS) is 15.8. The molecule has 4 heteroatoms. The second kappa shape index (κ2) is 4.41. The van der Waals surface area contributed by atoms with Gasteiger partial charge in [0.25, 0.3) is 0 Å². The molecule has 0 aliphatic carbocycles. The fraction of sp³-hybridized carbons (Fsp3) is 0.643. The SMILES string of the molecule is C[B]c1cnc2c(c1)CCN2[Si](C)(C)C(C)(C)C. The molecule has 0 amide bonds. The molecular weight excluding hydrogens is 235 g/mol. The Morgan fingerprint density at radius 1 is 1.33 bits per heavy atom. The van der Waals surface area contributed by atoms with Gasteiger partial charge in [-0.25, -0.2) is 4.98 Å². The first-order valence-corrected chi connectivity index (χ1v) is 9.78. The molecule has 1 radical (unpaired) electrons. The standard InChI is InChI=1S/C14H24BN2Si/c1-14(2,3)18(5,6)17-8-7-11-9-12(15-4)10-16-13(11)17/h9-10H,7-8H2,1-6H3. The van der Waals surface area contributed by atoms with Crippen LogP contribution in [0.25, 0.3) is 0 Å². The summed E-state index contributed by atoms with van der Waals surface area (Å²) in [5, 5.41) is 0.367. The van der Waals surface area contributed by atoms with Crippen molar-refractivity contribution < 1.29 is 0 Å². The summed E-state index contributed by atoms with van der Waals surface area (Å²) in [7, 11) is 0.637. The van der Waals surface area contributed by atoms with Crippen LogP contribution in [0.1, 0.15) is 26.3 Å². The van der Waals surface area contributed by atoms with E-state index in [1.165, 1.54) is 16.8 Å². The van der Waals surface area contributed by atoms with Gasteiger partial charge < -0.3 is 4.57 Å². The zero-order valence-electron chi connectivity index (χ0n) is 12.5. The van der Waals surface area contributed by atoms with Gasteiger partial charge in [0, 0.05) is 12.7 Å². The second-order valence-electron chi connectivity index (χ2n) is 6.75. The Labute approximate surface area is 113 Å². The Balaban J connectivity index is 2.38. The maximum absolute atomic E-state index is 4.72. The van der Waals surface area contributed by atoms with Gasteiger partial charge >= 0.3 is 0 Å². The van der Waals surface area contributed by atoms with Crippen LogP contribution in [0, 0.1) is 0 Å². The number of pyridine rings is 1. The van der Waals surface area contributed by atoms with Crippen LogP contribution in [-0.4, -0.2) is 27.0 Å². The average Bonchev–Trinajstić information content (AvgIpc) is 2.70. The van der Waals surface area contributed by atoms with Crippen molar-refractivity contribution in [2.75, 3.05) is 11.1 Å². The third-order valence-corrected chi connectivity index (χ3v) is 10.1. The zero-order chi connectivity index (χ0) is 13.6. The van der Waals surface area contributed by atoms with E-state index >= 15 is 0 Å². The van der Waals surface area contributed by atoms with Crippen LogP contribution in [0.2, 0.25) is 25.0 Å². The lowest BCUT2D eigenvalue weighted by Crippen LogP contribution is -2.54. The number of hydrogen-bond donors (Lipinski definition) is 0. The molecule has 18 heavy (non-hydrogen) atoms. The summed E-state index contributed by atoms with van der Waals surface area (Å²) in [5.74, 6) is 1.24. The highest BCUT2D eigenvalue weighted by Crippen LogP contribution is 2.42. The van der Waals surface area contributed by atoms with E-state index in [1.807, 2.05) is 6.20 Å². The molecular formula is C14H24BN2Si. The average molecular weight is 259 g/mol. The summed E-state index contributed by atoms with van der Waals surface area (Å²) in [6.45, 7) is 15.2. The van der Waals surface area contributed by atoms with Crippen molar-refractivity contribution in [1.29, 1.82) is 0 Å².